The third-order valence-electron chi connectivity index (χ3n) is 3.33. The number of benzene rings is 1. The minimum atomic E-state index is 0.642. The lowest BCUT2D eigenvalue weighted by atomic mass is 10.3. The van der Waals surface area contributed by atoms with Crippen molar-refractivity contribution < 1.29 is 4.42 Å². The van der Waals surface area contributed by atoms with E-state index in [2.05, 4.69) is 41.8 Å². The highest BCUT2D eigenvalue weighted by Crippen LogP contribution is 2.32. The summed E-state index contributed by atoms with van der Waals surface area (Å²) >= 11 is 13.0. The highest BCUT2D eigenvalue weighted by Gasteiger charge is 2.19. The molecule has 1 aliphatic rings. The molecule has 0 radical (unpaired) electrons. The van der Waals surface area contributed by atoms with Crippen molar-refractivity contribution in [2.75, 3.05) is 18.0 Å². The number of aliphatic imine (C=N–C) groups is 1. The van der Waals surface area contributed by atoms with Crippen LogP contribution in [0.2, 0.25) is 5.02 Å². The Balaban J connectivity index is 1.79. The number of hydrogen-bond acceptors (Lipinski definition) is 3. The first-order valence-corrected chi connectivity index (χ1v) is 8.63. The van der Waals surface area contributed by atoms with Crippen LogP contribution in [0, 0.1) is 0 Å². The molecule has 0 saturated carbocycles. The molecule has 0 atom stereocenters. The van der Waals surface area contributed by atoms with Crippen LogP contribution in [0.3, 0.4) is 0 Å². The lowest BCUT2D eigenvalue weighted by molar-refractivity contribution is 0.549. The van der Waals surface area contributed by atoms with Gasteiger partial charge in [0.2, 0.25) is 5.88 Å². The zero-order valence-corrected chi connectivity index (χ0v) is 15.1. The van der Waals surface area contributed by atoms with Crippen LogP contribution in [-0.2, 0) is 0 Å². The average Bonchev–Trinajstić information content (AvgIpc) is 3.09. The van der Waals surface area contributed by atoms with Crippen molar-refractivity contribution >= 4 is 61.2 Å². The molecular weight excluding hydrogens is 419 g/mol. The molecule has 110 valence electrons. The minimum Gasteiger partial charge on any atom is -0.438 e. The van der Waals surface area contributed by atoms with Gasteiger partial charge in [0, 0.05) is 23.6 Å². The molecule has 3 nitrogen and oxygen atoms in total. The molecule has 1 aromatic heterocycles. The summed E-state index contributed by atoms with van der Waals surface area (Å²) in [4.78, 5) is 6.64. The predicted octanol–water partition coefficient (Wildman–Crippen LogP) is 5.81. The van der Waals surface area contributed by atoms with Gasteiger partial charge >= 0.3 is 0 Å². The molecule has 1 aliphatic heterocycles. The first-order valence-electron chi connectivity index (χ1n) is 6.67. The van der Waals surface area contributed by atoms with E-state index in [1.807, 2.05) is 24.3 Å². The van der Waals surface area contributed by atoms with Crippen LogP contribution in [0.5, 0.6) is 0 Å². The maximum Gasteiger partial charge on any atom is 0.210 e. The van der Waals surface area contributed by atoms with E-state index in [9.17, 15) is 0 Å². The van der Waals surface area contributed by atoms with E-state index in [-0.39, 0.29) is 0 Å². The molecule has 6 heteroatoms. The van der Waals surface area contributed by atoms with Gasteiger partial charge in [-0.15, -0.1) is 0 Å². The Labute approximate surface area is 145 Å². The Morgan fingerprint density at radius 2 is 1.90 bits per heavy atom. The maximum atomic E-state index is 6.05. The van der Waals surface area contributed by atoms with E-state index in [1.54, 1.807) is 6.21 Å². The Kier molecular flexibility index (Phi) is 4.72. The van der Waals surface area contributed by atoms with E-state index in [0.29, 0.717) is 5.02 Å². The van der Waals surface area contributed by atoms with Crippen molar-refractivity contribution in [2.45, 2.75) is 12.8 Å². The van der Waals surface area contributed by atoms with E-state index in [1.165, 1.54) is 12.8 Å². The number of furan rings is 1. The molecule has 1 aromatic carbocycles. The fourth-order valence-corrected chi connectivity index (χ4v) is 3.26. The van der Waals surface area contributed by atoms with Gasteiger partial charge in [0.15, 0.2) is 0 Å². The van der Waals surface area contributed by atoms with Gasteiger partial charge in [0.05, 0.1) is 21.4 Å². The zero-order chi connectivity index (χ0) is 14.8. The molecule has 0 unspecified atom stereocenters. The standard InChI is InChI=1S/C15H13Br2ClN2O/c16-12-4-3-10(7-14(12)18)19-9-11-8-13(17)15(21-11)20-5-1-2-6-20/h3-4,7-9H,1-2,5-6H2. The van der Waals surface area contributed by atoms with Crippen LogP contribution < -0.4 is 4.90 Å². The second-order valence-corrected chi connectivity index (χ2v) is 6.97. The molecule has 0 spiro atoms. The van der Waals surface area contributed by atoms with Gasteiger partial charge in [-0.3, -0.25) is 4.99 Å². The van der Waals surface area contributed by atoms with E-state index in [4.69, 9.17) is 16.0 Å². The van der Waals surface area contributed by atoms with Gasteiger partial charge in [0.25, 0.3) is 0 Å². The second-order valence-electron chi connectivity index (χ2n) is 4.85. The van der Waals surface area contributed by atoms with Crippen molar-refractivity contribution in [1.82, 2.24) is 0 Å². The largest absolute Gasteiger partial charge is 0.438 e. The van der Waals surface area contributed by atoms with Crippen molar-refractivity contribution in [3.05, 3.63) is 44.0 Å². The Morgan fingerprint density at radius 1 is 1.14 bits per heavy atom. The lowest BCUT2D eigenvalue weighted by Gasteiger charge is -2.13. The highest BCUT2D eigenvalue weighted by atomic mass is 79.9. The van der Waals surface area contributed by atoms with Gasteiger partial charge in [-0.1, -0.05) is 11.6 Å². The summed E-state index contributed by atoms with van der Waals surface area (Å²) in [6.07, 6.45) is 4.14. The van der Waals surface area contributed by atoms with Crippen LogP contribution in [0.25, 0.3) is 0 Å². The Hall–Kier alpha value is -0.780. The Bertz CT molecular complexity index is 678. The normalized spacial score (nSPS) is 15.3. The van der Waals surface area contributed by atoms with Crippen LogP contribution in [0.15, 0.2) is 42.6 Å². The zero-order valence-electron chi connectivity index (χ0n) is 11.2. The molecular formula is C15H13Br2ClN2O. The van der Waals surface area contributed by atoms with Crippen molar-refractivity contribution in [3.8, 4) is 0 Å². The molecule has 2 aromatic rings. The molecule has 0 N–H and O–H groups in total. The molecule has 2 heterocycles. The molecule has 0 bridgehead atoms. The van der Waals surface area contributed by atoms with Crippen LogP contribution in [-0.4, -0.2) is 19.3 Å². The van der Waals surface area contributed by atoms with Crippen LogP contribution >= 0.6 is 43.5 Å². The molecule has 1 saturated heterocycles. The number of halogens is 3. The smallest absolute Gasteiger partial charge is 0.210 e. The van der Waals surface area contributed by atoms with Crippen molar-refractivity contribution in [3.63, 3.8) is 0 Å². The molecule has 3 rings (SSSR count). The maximum absolute atomic E-state index is 6.05. The number of rotatable bonds is 3. The monoisotopic (exact) mass is 430 g/mol. The summed E-state index contributed by atoms with van der Waals surface area (Å²) < 4.78 is 7.69. The van der Waals surface area contributed by atoms with Crippen molar-refractivity contribution in [1.29, 1.82) is 0 Å². The summed E-state index contributed by atoms with van der Waals surface area (Å²) in [7, 11) is 0. The topological polar surface area (TPSA) is 28.7 Å². The average molecular weight is 433 g/mol. The van der Waals surface area contributed by atoms with E-state index >= 15 is 0 Å². The highest BCUT2D eigenvalue weighted by molar-refractivity contribution is 9.11. The van der Waals surface area contributed by atoms with Crippen LogP contribution in [0.1, 0.15) is 18.6 Å². The van der Waals surface area contributed by atoms with E-state index < -0.39 is 0 Å². The van der Waals surface area contributed by atoms with Crippen LogP contribution in [0.4, 0.5) is 11.6 Å². The summed E-state index contributed by atoms with van der Waals surface area (Å²) in [5.41, 5.74) is 0.790. The minimum absolute atomic E-state index is 0.642. The second kappa shape index (κ2) is 6.55. The summed E-state index contributed by atoms with van der Waals surface area (Å²) in [5.74, 6) is 1.62. The lowest BCUT2D eigenvalue weighted by Crippen LogP contribution is -2.17. The molecule has 21 heavy (non-hydrogen) atoms. The first kappa shape index (κ1) is 15.1. The quantitative estimate of drug-likeness (QED) is 0.573. The van der Waals surface area contributed by atoms with Gasteiger partial charge in [0.1, 0.15) is 5.76 Å². The summed E-state index contributed by atoms with van der Waals surface area (Å²) in [6, 6.07) is 7.52. The van der Waals surface area contributed by atoms with Gasteiger partial charge < -0.3 is 9.32 Å². The number of nitrogens with zero attached hydrogens (tertiary/aromatic N) is 2. The van der Waals surface area contributed by atoms with E-state index in [0.717, 1.165) is 39.4 Å². The first-order chi connectivity index (χ1) is 10.1. The fourth-order valence-electron chi connectivity index (χ4n) is 2.28. The third kappa shape index (κ3) is 3.52. The summed E-state index contributed by atoms with van der Waals surface area (Å²) in [6.45, 7) is 2.09. The number of anilines is 1. The fraction of sp³-hybridized carbons (Fsp3) is 0.267. The SMILES string of the molecule is Clc1cc(N=Cc2cc(Br)c(N3CCCC3)o2)ccc1Br. The van der Waals surface area contributed by atoms with Crippen molar-refractivity contribution in [2.24, 2.45) is 4.99 Å². The third-order valence-corrected chi connectivity index (χ3v) is 5.13. The Morgan fingerprint density at radius 3 is 2.62 bits per heavy atom. The molecule has 0 amide bonds. The van der Waals surface area contributed by atoms with Gasteiger partial charge in [-0.05, 0) is 62.9 Å². The predicted molar refractivity (Wildman–Crippen MR) is 94.3 cm³/mol. The molecule has 0 aliphatic carbocycles. The molecule has 1 fully saturated rings. The summed E-state index contributed by atoms with van der Waals surface area (Å²) in [5, 5.41) is 0.642. The number of hydrogen-bond donors (Lipinski definition) is 0. The van der Waals surface area contributed by atoms with Gasteiger partial charge in [-0.25, -0.2) is 0 Å². The van der Waals surface area contributed by atoms with Gasteiger partial charge in [-0.2, -0.15) is 0 Å².